The minimum atomic E-state index is -0.913. The molecular weight excluding hydrogens is 428 g/mol. The summed E-state index contributed by atoms with van der Waals surface area (Å²) in [7, 11) is 0. The summed E-state index contributed by atoms with van der Waals surface area (Å²) in [5.74, 6) is -2.96. The predicted octanol–water partition coefficient (Wildman–Crippen LogP) is 3.00. The minimum Gasteiger partial charge on any atom is -0.471 e. The van der Waals surface area contributed by atoms with Crippen LogP contribution in [0.5, 0.6) is 5.88 Å². The third-order valence-electron chi connectivity index (χ3n) is 3.76. The highest BCUT2D eigenvalue weighted by molar-refractivity contribution is 7.11. The van der Waals surface area contributed by atoms with Gasteiger partial charge in [-0.15, -0.1) is 0 Å². The van der Waals surface area contributed by atoms with Crippen LogP contribution in [-0.2, 0) is 6.61 Å². The van der Waals surface area contributed by atoms with Gasteiger partial charge in [0, 0.05) is 11.6 Å². The van der Waals surface area contributed by atoms with Crippen molar-refractivity contribution in [3.63, 3.8) is 0 Å². The third-order valence-corrected chi connectivity index (χ3v) is 4.72. The third kappa shape index (κ3) is 6.51. The standard InChI is InChI=1S/C17H20ClF2N5O3S/c18-9-6-11(19)10(12(20)7-9)8-28-15-13(14(22)26)16(29-25-15)24-17(27)23-5-3-1-2-4-21/h6-7H,1-5,8,21H2,(H2,22,26)(H2,23,24,27). The molecule has 8 nitrogen and oxygen atoms in total. The Balaban J connectivity index is 2.03. The van der Waals surface area contributed by atoms with Gasteiger partial charge < -0.3 is 21.5 Å². The van der Waals surface area contributed by atoms with Crippen molar-refractivity contribution in [3.05, 3.63) is 39.9 Å². The SMILES string of the molecule is NCCCCCNC(=O)Nc1snc(OCc2c(F)cc(Cl)cc2F)c1C(N)=O. The molecule has 3 amide bonds. The number of carbonyl (C=O) groups is 2. The summed E-state index contributed by atoms with van der Waals surface area (Å²) >= 11 is 6.33. The van der Waals surface area contributed by atoms with E-state index >= 15 is 0 Å². The summed E-state index contributed by atoms with van der Waals surface area (Å²) in [6, 6.07) is 1.32. The smallest absolute Gasteiger partial charge is 0.319 e. The molecule has 0 aliphatic carbocycles. The van der Waals surface area contributed by atoms with Crippen LogP contribution in [0.15, 0.2) is 12.1 Å². The van der Waals surface area contributed by atoms with Gasteiger partial charge in [-0.2, -0.15) is 4.37 Å². The number of hydrogen-bond donors (Lipinski definition) is 4. The topological polar surface area (TPSA) is 132 Å². The zero-order chi connectivity index (χ0) is 21.4. The lowest BCUT2D eigenvalue weighted by atomic mass is 10.2. The molecule has 158 valence electrons. The average molecular weight is 448 g/mol. The van der Waals surface area contributed by atoms with E-state index in [0.29, 0.717) is 13.1 Å². The van der Waals surface area contributed by atoms with E-state index in [1.165, 1.54) is 0 Å². The number of nitrogens with zero attached hydrogens (tertiary/aromatic N) is 1. The maximum Gasteiger partial charge on any atom is 0.319 e. The molecule has 0 spiro atoms. The second-order valence-electron chi connectivity index (χ2n) is 5.92. The highest BCUT2D eigenvalue weighted by atomic mass is 35.5. The van der Waals surface area contributed by atoms with Gasteiger partial charge in [-0.1, -0.05) is 18.0 Å². The second kappa shape index (κ2) is 10.9. The lowest BCUT2D eigenvalue weighted by Gasteiger charge is -2.09. The van der Waals surface area contributed by atoms with Crippen LogP contribution in [-0.4, -0.2) is 29.4 Å². The Labute approximate surface area is 174 Å². The van der Waals surface area contributed by atoms with Crippen LogP contribution < -0.4 is 26.8 Å². The van der Waals surface area contributed by atoms with E-state index in [-0.39, 0.29) is 27.0 Å². The van der Waals surface area contributed by atoms with Crippen molar-refractivity contribution in [1.29, 1.82) is 0 Å². The number of halogens is 3. The fourth-order valence-corrected chi connectivity index (χ4v) is 3.25. The van der Waals surface area contributed by atoms with Crippen molar-refractivity contribution < 1.29 is 23.1 Å². The number of ether oxygens (including phenoxy) is 1. The maximum atomic E-state index is 13.9. The van der Waals surface area contributed by atoms with Gasteiger partial charge in [-0.3, -0.25) is 10.1 Å². The van der Waals surface area contributed by atoms with Crippen LogP contribution in [0, 0.1) is 11.6 Å². The van der Waals surface area contributed by atoms with E-state index < -0.39 is 30.2 Å². The quantitative estimate of drug-likeness (QED) is 0.415. The number of hydrogen-bond acceptors (Lipinski definition) is 6. The van der Waals surface area contributed by atoms with Crippen molar-refractivity contribution in [2.45, 2.75) is 25.9 Å². The van der Waals surface area contributed by atoms with Crippen LogP contribution in [0.3, 0.4) is 0 Å². The normalized spacial score (nSPS) is 10.6. The lowest BCUT2D eigenvalue weighted by Crippen LogP contribution is -2.30. The van der Waals surface area contributed by atoms with E-state index in [1.807, 2.05) is 0 Å². The second-order valence-corrected chi connectivity index (χ2v) is 7.13. The molecule has 2 aromatic rings. The molecular formula is C17H20ClF2N5O3S. The van der Waals surface area contributed by atoms with Crippen molar-refractivity contribution in [1.82, 2.24) is 9.69 Å². The molecule has 0 fully saturated rings. The van der Waals surface area contributed by atoms with Crippen molar-refractivity contribution >= 4 is 40.1 Å². The molecule has 1 aromatic heterocycles. The number of unbranched alkanes of at least 4 members (excludes halogenated alkanes) is 2. The summed E-state index contributed by atoms with van der Waals surface area (Å²) in [6.45, 7) is 0.461. The van der Waals surface area contributed by atoms with Gasteiger partial charge in [0.15, 0.2) is 0 Å². The number of benzene rings is 1. The monoisotopic (exact) mass is 447 g/mol. The number of primary amides is 1. The number of amides is 3. The molecule has 6 N–H and O–H groups in total. The first-order valence-corrected chi connectivity index (χ1v) is 9.79. The summed E-state index contributed by atoms with van der Waals surface area (Å²) in [4.78, 5) is 23.7. The predicted molar refractivity (Wildman–Crippen MR) is 106 cm³/mol. The fourth-order valence-electron chi connectivity index (χ4n) is 2.32. The highest BCUT2D eigenvalue weighted by Crippen LogP contribution is 2.31. The Bertz CT molecular complexity index is 858. The maximum absolute atomic E-state index is 13.9. The molecule has 12 heteroatoms. The molecule has 1 heterocycles. The van der Waals surface area contributed by atoms with Gasteiger partial charge in [-0.25, -0.2) is 13.6 Å². The first-order chi connectivity index (χ1) is 13.8. The molecule has 29 heavy (non-hydrogen) atoms. The molecule has 0 atom stereocenters. The zero-order valence-corrected chi connectivity index (χ0v) is 16.8. The first kappa shape index (κ1) is 22.8. The molecule has 0 bridgehead atoms. The van der Waals surface area contributed by atoms with Gasteiger partial charge in [0.2, 0.25) is 5.88 Å². The Morgan fingerprint density at radius 1 is 1.21 bits per heavy atom. The number of aromatic nitrogens is 1. The summed E-state index contributed by atoms with van der Waals surface area (Å²) in [5, 5.41) is 5.05. The first-order valence-electron chi connectivity index (χ1n) is 8.64. The molecule has 0 saturated carbocycles. The number of nitrogens with one attached hydrogen (secondary N) is 2. The number of carbonyl (C=O) groups excluding carboxylic acids is 2. The van der Waals surface area contributed by atoms with Crippen LogP contribution in [0.1, 0.15) is 35.2 Å². The van der Waals surface area contributed by atoms with E-state index in [9.17, 15) is 18.4 Å². The molecule has 0 unspecified atom stereocenters. The summed E-state index contributed by atoms with van der Waals surface area (Å²) in [6.07, 6.45) is 2.49. The molecule has 0 saturated heterocycles. The number of urea groups is 1. The van der Waals surface area contributed by atoms with E-state index in [0.717, 1.165) is 42.9 Å². The Kier molecular flexibility index (Phi) is 8.55. The van der Waals surface area contributed by atoms with Crippen LogP contribution >= 0.6 is 23.1 Å². The van der Waals surface area contributed by atoms with E-state index in [4.69, 9.17) is 27.8 Å². The van der Waals surface area contributed by atoms with Crippen LogP contribution in [0.25, 0.3) is 0 Å². The minimum absolute atomic E-state index is 0.0593. The zero-order valence-electron chi connectivity index (χ0n) is 15.3. The van der Waals surface area contributed by atoms with E-state index in [1.54, 1.807) is 0 Å². The Morgan fingerprint density at radius 2 is 1.90 bits per heavy atom. The summed E-state index contributed by atoms with van der Waals surface area (Å²) in [5.41, 5.74) is 10.2. The largest absolute Gasteiger partial charge is 0.471 e. The lowest BCUT2D eigenvalue weighted by molar-refractivity contribution is 0.0996. The summed E-state index contributed by atoms with van der Waals surface area (Å²) < 4.78 is 36.9. The van der Waals surface area contributed by atoms with Gasteiger partial charge in [0.1, 0.15) is 28.8 Å². The Hall–Kier alpha value is -2.50. The number of nitrogens with two attached hydrogens (primary N) is 2. The van der Waals surface area contributed by atoms with E-state index in [2.05, 4.69) is 15.0 Å². The van der Waals surface area contributed by atoms with Gasteiger partial charge in [-0.05, 0) is 43.1 Å². The molecule has 0 radical (unpaired) electrons. The highest BCUT2D eigenvalue weighted by Gasteiger charge is 2.23. The van der Waals surface area contributed by atoms with Crippen molar-refractivity contribution in [2.24, 2.45) is 11.5 Å². The van der Waals surface area contributed by atoms with Gasteiger partial charge in [0.25, 0.3) is 5.91 Å². The fraction of sp³-hybridized carbons (Fsp3) is 0.353. The number of rotatable bonds is 10. The molecule has 2 rings (SSSR count). The molecule has 1 aromatic carbocycles. The van der Waals surface area contributed by atoms with Crippen LogP contribution in [0.2, 0.25) is 5.02 Å². The van der Waals surface area contributed by atoms with Gasteiger partial charge in [0.05, 0.1) is 5.56 Å². The average Bonchev–Trinajstić information content (AvgIpc) is 3.03. The van der Waals surface area contributed by atoms with Crippen molar-refractivity contribution in [2.75, 3.05) is 18.4 Å². The van der Waals surface area contributed by atoms with Gasteiger partial charge >= 0.3 is 6.03 Å². The molecule has 0 aliphatic heterocycles. The number of anilines is 1. The Morgan fingerprint density at radius 3 is 2.52 bits per heavy atom. The molecule has 0 aliphatic rings. The van der Waals surface area contributed by atoms with Crippen molar-refractivity contribution in [3.8, 4) is 5.88 Å². The van der Waals surface area contributed by atoms with Crippen LogP contribution in [0.4, 0.5) is 18.6 Å².